The Morgan fingerprint density at radius 3 is 2.72 bits per heavy atom. The van der Waals surface area contributed by atoms with Crippen LogP contribution >= 0.6 is 11.6 Å². The molecule has 12 heteroatoms. The van der Waals surface area contributed by atoms with Crippen LogP contribution < -0.4 is 20.8 Å². The Labute approximate surface area is 169 Å². The van der Waals surface area contributed by atoms with E-state index in [1.54, 1.807) is 6.07 Å². The van der Waals surface area contributed by atoms with Gasteiger partial charge in [0.2, 0.25) is 0 Å². The first-order chi connectivity index (χ1) is 13.8. The summed E-state index contributed by atoms with van der Waals surface area (Å²) in [5.41, 5.74) is 2.72. The third kappa shape index (κ3) is 6.36. The Bertz CT molecular complexity index is 965. The number of hydrazone groups is 1. The standard InChI is InChI=1S/C17H16ClN5O6/c1-29-15-6-10(2-5-14(15)24)8-20-22-16(25)9-19-17(26)21-13-4-3-11(23(27)28)7-12(13)18/h2-8,24H,9H2,1H3,(H,22,25)(H2,19,21,26)/b20-8+. The number of carbonyl (C=O) groups is 2. The lowest BCUT2D eigenvalue weighted by Gasteiger charge is -2.08. The van der Waals surface area contributed by atoms with Gasteiger partial charge in [-0.2, -0.15) is 5.10 Å². The van der Waals surface area contributed by atoms with Gasteiger partial charge in [-0.05, 0) is 29.8 Å². The Morgan fingerprint density at radius 1 is 1.31 bits per heavy atom. The molecule has 3 amide bonds. The molecule has 0 aliphatic heterocycles. The molecule has 0 unspecified atom stereocenters. The molecule has 0 spiro atoms. The van der Waals surface area contributed by atoms with Crippen LogP contribution in [0.5, 0.6) is 11.5 Å². The number of amides is 3. The number of ether oxygens (including phenoxy) is 1. The van der Waals surface area contributed by atoms with Crippen LogP contribution in [-0.4, -0.2) is 41.8 Å². The van der Waals surface area contributed by atoms with E-state index >= 15 is 0 Å². The molecule has 4 N–H and O–H groups in total. The monoisotopic (exact) mass is 421 g/mol. The van der Waals surface area contributed by atoms with Gasteiger partial charge in [-0.1, -0.05) is 11.6 Å². The van der Waals surface area contributed by atoms with Crippen LogP contribution in [0.1, 0.15) is 5.56 Å². The minimum atomic E-state index is -0.733. The number of phenols is 1. The predicted molar refractivity (Wildman–Crippen MR) is 106 cm³/mol. The molecule has 2 rings (SSSR count). The van der Waals surface area contributed by atoms with Crippen molar-refractivity contribution in [2.75, 3.05) is 19.0 Å². The quantitative estimate of drug-likeness (QED) is 0.305. The highest BCUT2D eigenvalue weighted by Gasteiger charge is 2.12. The van der Waals surface area contributed by atoms with Gasteiger partial charge in [0.1, 0.15) is 6.54 Å². The van der Waals surface area contributed by atoms with Crippen LogP contribution in [0.3, 0.4) is 0 Å². The molecule has 0 bridgehead atoms. The smallest absolute Gasteiger partial charge is 0.319 e. The van der Waals surface area contributed by atoms with Gasteiger partial charge in [-0.25, -0.2) is 10.2 Å². The molecule has 0 aliphatic carbocycles. The lowest BCUT2D eigenvalue weighted by atomic mass is 10.2. The zero-order valence-electron chi connectivity index (χ0n) is 15.0. The normalized spacial score (nSPS) is 10.4. The molecule has 0 radical (unpaired) electrons. The predicted octanol–water partition coefficient (Wildman–Crippen LogP) is 2.23. The number of urea groups is 1. The summed E-state index contributed by atoms with van der Waals surface area (Å²) in [4.78, 5) is 33.6. The zero-order valence-corrected chi connectivity index (χ0v) is 15.8. The van der Waals surface area contributed by atoms with E-state index in [2.05, 4.69) is 21.2 Å². The molecule has 2 aromatic carbocycles. The van der Waals surface area contributed by atoms with Crippen molar-refractivity contribution in [3.8, 4) is 11.5 Å². The highest BCUT2D eigenvalue weighted by atomic mass is 35.5. The van der Waals surface area contributed by atoms with Gasteiger partial charge >= 0.3 is 6.03 Å². The number of hydrogen-bond acceptors (Lipinski definition) is 7. The maximum atomic E-state index is 11.8. The fourth-order valence-electron chi connectivity index (χ4n) is 2.04. The van der Waals surface area contributed by atoms with Crippen molar-refractivity contribution in [1.82, 2.24) is 10.7 Å². The van der Waals surface area contributed by atoms with Gasteiger partial charge in [0, 0.05) is 12.1 Å². The maximum Gasteiger partial charge on any atom is 0.319 e. The third-order valence-corrected chi connectivity index (χ3v) is 3.74. The molecule has 11 nitrogen and oxygen atoms in total. The van der Waals surface area contributed by atoms with Crippen molar-refractivity contribution in [3.05, 3.63) is 57.1 Å². The number of non-ortho nitro benzene ring substituents is 1. The summed E-state index contributed by atoms with van der Waals surface area (Å²) >= 11 is 5.87. The molecule has 0 fully saturated rings. The number of nitrogens with zero attached hydrogens (tertiary/aromatic N) is 2. The van der Waals surface area contributed by atoms with E-state index in [4.69, 9.17) is 16.3 Å². The lowest BCUT2D eigenvalue weighted by Crippen LogP contribution is -2.37. The number of benzene rings is 2. The molecule has 0 saturated heterocycles. The number of aromatic hydroxyl groups is 1. The SMILES string of the molecule is COc1cc(/C=N/NC(=O)CNC(=O)Nc2ccc([N+](=O)[O-])cc2Cl)ccc1O. The first-order valence-corrected chi connectivity index (χ1v) is 8.35. The summed E-state index contributed by atoms with van der Waals surface area (Å²) in [7, 11) is 1.40. The zero-order chi connectivity index (χ0) is 21.4. The average molecular weight is 422 g/mol. The molecule has 0 aromatic heterocycles. The van der Waals surface area contributed by atoms with Crippen LogP contribution in [0.25, 0.3) is 0 Å². The lowest BCUT2D eigenvalue weighted by molar-refractivity contribution is -0.384. The van der Waals surface area contributed by atoms with Crippen LogP contribution in [-0.2, 0) is 4.79 Å². The topological polar surface area (TPSA) is 155 Å². The van der Waals surface area contributed by atoms with Crippen molar-refractivity contribution < 1.29 is 24.4 Å². The van der Waals surface area contributed by atoms with Gasteiger partial charge in [0.05, 0.1) is 29.0 Å². The molecule has 0 saturated carbocycles. The molecule has 0 atom stereocenters. The fourth-order valence-corrected chi connectivity index (χ4v) is 2.26. The Hall–Kier alpha value is -3.86. The highest BCUT2D eigenvalue weighted by molar-refractivity contribution is 6.33. The number of halogens is 1. The van der Waals surface area contributed by atoms with E-state index in [0.29, 0.717) is 5.56 Å². The van der Waals surface area contributed by atoms with Crippen LogP contribution in [0.15, 0.2) is 41.5 Å². The van der Waals surface area contributed by atoms with Gasteiger partial charge < -0.3 is 20.5 Å². The van der Waals surface area contributed by atoms with E-state index in [1.807, 2.05) is 0 Å². The summed E-state index contributed by atoms with van der Waals surface area (Å²) in [5, 5.41) is 28.5. The highest BCUT2D eigenvalue weighted by Crippen LogP contribution is 2.26. The van der Waals surface area contributed by atoms with Gasteiger partial charge in [0.25, 0.3) is 11.6 Å². The van der Waals surface area contributed by atoms with Gasteiger partial charge in [-0.3, -0.25) is 14.9 Å². The summed E-state index contributed by atoms with van der Waals surface area (Å²) in [6.07, 6.45) is 1.33. The van der Waals surface area contributed by atoms with Crippen molar-refractivity contribution in [3.63, 3.8) is 0 Å². The second-order valence-electron chi connectivity index (χ2n) is 5.45. The Kier molecular flexibility index (Phi) is 7.32. The van der Waals surface area contributed by atoms with E-state index < -0.39 is 16.9 Å². The Balaban J connectivity index is 1.81. The maximum absolute atomic E-state index is 11.8. The van der Waals surface area contributed by atoms with Crippen LogP contribution in [0.4, 0.5) is 16.2 Å². The van der Waals surface area contributed by atoms with E-state index in [9.17, 15) is 24.8 Å². The second kappa shape index (κ2) is 9.90. The largest absolute Gasteiger partial charge is 0.504 e. The molecule has 0 heterocycles. The van der Waals surface area contributed by atoms with E-state index in [0.717, 1.165) is 6.07 Å². The minimum absolute atomic E-state index is 0.0206. The summed E-state index contributed by atoms with van der Waals surface area (Å²) in [5.74, 6) is -0.377. The van der Waals surface area contributed by atoms with E-state index in [-0.39, 0.29) is 34.4 Å². The molecule has 29 heavy (non-hydrogen) atoms. The van der Waals surface area contributed by atoms with E-state index in [1.165, 1.54) is 37.6 Å². The summed E-state index contributed by atoms with van der Waals surface area (Å²) < 4.78 is 4.96. The first kappa shape index (κ1) is 21.4. The minimum Gasteiger partial charge on any atom is -0.504 e. The van der Waals surface area contributed by atoms with Crippen molar-refractivity contribution >= 4 is 41.1 Å². The molecular weight excluding hydrogens is 406 g/mol. The molecule has 152 valence electrons. The number of methoxy groups -OCH3 is 1. The third-order valence-electron chi connectivity index (χ3n) is 3.43. The number of phenolic OH excluding ortho intramolecular Hbond substituents is 1. The first-order valence-electron chi connectivity index (χ1n) is 7.98. The number of nitrogens with one attached hydrogen (secondary N) is 3. The second-order valence-corrected chi connectivity index (χ2v) is 5.86. The van der Waals surface area contributed by atoms with Gasteiger partial charge in [-0.15, -0.1) is 0 Å². The summed E-state index contributed by atoms with van der Waals surface area (Å²) in [6, 6.07) is 7.31. The molecule has 0 aliphatic rings. The number of nitro groups is 1. The Morgan fingerprint density at radius 2 is 2.07 bits per heavy atom. The number of nitro benzene ring substituents is 1. The summed E-state index contributed by atoms with van der Waals surface area (Å²) in [6.45, 7) is -0.382. The van der Waals surface area contributed by atoms with Crippen LogP contribution in [0.2, 0.25) is 5.02 Å². The van der Waals surface area contributed by atoms with Crippen LogP contribution in [0, 0.1) is 10.1 Å². The fraction of sp³-hybridized carbons (Fsp3) is 0.118. The van der Waals surface area contributed by atoms with Gasteiger partial charge in [0.15, 0.2) is 11.5 Å². The number of carbonyl (C=O) groups excluding carboxylic acids is 2. The number of hydrogen-bond donors (Lipinski definition) is 4. The molecule has 2 aromatic rings. The number of rotatable bonds is 7. The van der Waals surface area contributed by atoms with Crippen molar-refractivity contribution in [2.45, 2.75) is 0 Å². The van der Waals surface area contributed by atoms with Crippen molar-refractivity contribution in [2.24, 2.45) is 5.10 Å². The molecular formula is C17H16ClN5O6. The average Bonchev–Trinajstić information content (AvgIpc) is 2.69. The number of anilines is 1. The van der Waals surface area contributed by atoms with Crippen molar-refractivity contribution in [1.29, 1.82) is 0 Å².